The maximum absolute atomic E-state index is 12.1. The molecule has 1 aromatic rings. The number of carboxylic acid groups (broad SMARTS) is 1. The van der Waals surface area contributed by atoms with Gasteiger partial charge in [-0.15, -0.1) is 0 Å². The molecule has 0 aromatic heterocycles. The normalized spacial score (nSPS) is 18.9. The van der Waals surface area contributed by atoms with Gasteiger partial charge >= 0.3 is 5.97 Å². The largest absolute Gasteiger partial charge is 0.481 e. The molecule has 2 atom stereocenters. The summed E-state index contributed by atoms with van der Waals surface area (Å²) in [5.41, 5.74) is 0.786. The summed E-state index contributed by atoms with van der Waals surface area (Å²) in [5.74, 6) is -0.609. The van der Waals surface area contributed by atoms with Crippen LogP contribution in [0.5, 0.6) is 0 Å². The molecule has 5 nitrogen and oxygen atoms in total. The zero-order valence-corrected chi connectivity index (χ0v) is 13.8. The van der Waals surface area contributed by atoms with Crippen molar-refractivity contribution in [1.82, 2.24) is 5.32 Å². The summed E-state index contributed by atoms with van der Waals surface area (Å²) in [5, 5.41) is 11.9. The SMILES string of the molecule is O=C(O)CC(NC(=O)CCC1CCOC1)c1cccc(Br)c1. The number of carboxylic acids is 1. The molecule has 1 saturated heterocycles. The fourth-order valence-corrected chi connectivity index (χ4v) is 2.98. The van der Waals surface area contributed by atoms with Gasteiger partial charge in [0.2, 0.25) is 5.91 Å². The molecule has 1 heterocycles. The predicted octanol–water partition coefficient (Wildman–Crippen LogP) is 2.90. The number of carbonyl (C=O) groups is 2. The molecule has 1 fully saturated rings. The van der Waals surface area contributed by atoms with E-state index in [-0.39, 0.29) is 12.3 Å². The van der Waals surface area contributed by atoms with E-state index in [0.717, 1.165) is 36.1 Å². The minimum Gasteiger partial charge on any atom is -0.481 e. The van der Waals surface area contributed by atoms with Gasteiger partial charge in [-0.25, -0.2) is 0 Å². The van der Waals surface area contributed by atoms with Crippen molar-refractivity contribution in [2.75, 3.05) is 13.2 Å². The zero-order chi connectivity index (χ0) is 15.9. The van der Waals surface area contributed by atoms with Gasteiger partial charge in [-0.2, -0.15) is 0 Å². The van der Waals surface area contributed by atoms with Crippen molar-refractivity contribution in [1.29, 1.82) is 0 Å². The Hall–Kier alpha value is -1.40. The highest BCUT2D eigenvalue weighted by atomic mass is 79.9. The van der Waals surface area contributed by atoms with Crippen molar-refractivity contribution in [2.45, 2.75) is 31.7 Å². The monoisotopic (exact) mass is 369 g/mol. The number of ether oxygens (including phenoxy) is 1. The first kappa shape index (κ1) is 17.0. The third kappa shape index (κ3) is 5.42. The number of halogens is 1. The molecule has 2 rings (SSSR count). The third-order valence-electron chi connectivity index (χ3n) is 3.77. The second-order valence-corrected chi connectivity index (χ2v) is 6.46. The number of aliphatic carboxylic acids is 1. The van der Waals surface area contributed by atoms with Crippen molar-refractivity contribution >= 4 is 27.8 Å². The average Bonchev–Trinajstić information content (AvgIpc) is 2.97. The Bertz CT molecular complexity index is 529. The molecule has 2 unspecified atom stereocenters. The number of hydrogen-bond donors (Lipinski definition) is 2. The van der Waals surface area contributed by atoms with Crippen LogP contribution in [0.3, 0.4) is 0 Å². The van der Waals surface area contributed by atoms with Crippen LogP contribution in [0.4, 0.5) is 0 Å². The molecule has 0 radical (unpaired) electrons. The van der Waals surface area contributed by atoms with Crippen molar-refractivity contribution in [2.24, 2.45) is 5.92 Å². The Morgan fingerprint density at radius 2 is 2.27 bits per heavy atom. The Morgan fingerprint density at radius 1 is 1.45 bits per heavy atom. The first-order valence-electron chi connectivity index (χ1n) is 7.39. The van der Waals surface area contributed by atoms with Crippen LogP contribution in [0.25, 0.3) is 0 Å². The highest BCUT2D eigenvalue weighted by Gasteiger charge is 2.20. The quantitative estimate of drug-likeness (QED) is 0.774. The Kier molecular flexibility index (Phi) is 6.39. The van der Waals surface area contributed by atoms with Crippen LogP contribution in [-0.4, -0.2) is 30.2 Å². The number of carbonyl (C=O) groups excluding carboxylic acids is 1. The first-order valence-corrected chi connectivity index (χ1v) is 8.18. The highest BCUT2D eigenvalue weighted by molar-refractivity contribution is 9.10. The summed E-state index contributed by atoms with van der Waals surface area (Å²) >= 11 is 3.36. The molecule has 0 spiro atoms. The van der Waals surface area contributed by atoms with E-state index >= 15 is 0 Å². The number of hydrogen-bond acceptors (Lipinski definition) is 3. The van der Waals surface area contributed by atoms with E-state index in [2.05, 4.69) is 21.2 Å². The molecule has 6 heteroatoms. The van der Waals surface area contributed by atoms with Gasteiger partial charge in [0, 0.05) is 24.1 Å². The van der Waals surface area contributed by atoms with Crippen LogP contribution in [0.1, 0.15) is 37.3 Å². The molecule has 1 aliphatic heterocycles. The molecular weight excluding hydrogens is 350 g/mol. The van der Waals surface area contributed by atoms with E-state index in [0.29, 0.717) is 12.3 Å². The zero-order valence-electron chi connectivity index (χ0n) is 12.3. The number of benzene rings is 1. The van der Waals surface area contributed by atoms with Crippen LogP contribution in [0, 0.1) is 5.92 Å². The van der Waals surface area contributed by atoms with Gasteiger partial charge < -0.3 is 15.2 Å². The molecule has 1 aromatic carbocycles. The lowest BCUT2D eigenvalue weighted by Gasteiger charge is -2.18. The van der Waals surface area contributed by atoms with Crippen LogP contribution in [-0.2, 0) is 14.3 Å². The van der Waals surface area contributed by atoms with Gasteiger partial charge in [0.1, 0.15) is 0 Å². The number of nitrogens with one attached hydrogen (secondary N) is 1. The van der Waals surface area contributed by atoms with E-state index < -0.39 is 12.0 Å². The van der Waals surface area contributed by atoms with Crippen LogP contribution in [0.2, 0.25) is 0 Å². The molecule has 1 amide bonds. The lowest BCUT2D eigenvalue weighted by atomic mass is 10.0. The minimum absolute atomic E-state index is 0.113. The Labute approximate surface area is 138 Å². The molecule has 22 heavy (non-hydrogen) atoms. The van der Waals surface area contributed by atoms with E-state index in [1.165, 1.54) is 0 Å². The molecular formula is C16H20BrNO4. The van der Waals surface area contributed by atoms with Crippen LogP contribution < -0.4 is 5.32 Å². The van der Waals surface area contributed by atoms with E-state index in [4.69, 9.17) is 9.84 Å². The topological polar surface area (TPSA) is 75.6 Å². The summed E-state index contributed by atoms with van der Waals surface area (Å²) in [6.45, 7) is 1.49. The number of amides is 1. The predicted molar refractivity (Wildman–Crippen MR) is 85.4 cm³/mol. The lowest BCUT2D eigenvalue weighted by molar-refractivity contribution is -0.137. The van der Waals surface area contributed by atoms with Gasteiger partial charge in [0.05, 0.1) is 12.5 Å². The Morgan fingerprint density at radius 3 is 2.91 bits per heavy atom. The lowest BCUT2D eigenvalue weighted by Crippen LogP contribution is -2.30. The van der Waals surface area contributed by atoms with E-state index in [9.17, 15) is 9.59 Å². The summed E-state index contributed by atoms with van der Waals surface area (Å²) in [6.07, 6.45) is 2.05. The van der Waals surface area contributed by atoms with Crippen LogP contribution >= 0.6 is 15.9 Å². The molecule has 0 bridgehead atoms. The van der Waals surface area contributed by atoms with Gasteiger partial charge in [0.25, 0.3) is 0 Å². The molecule has 120 valence electrons. The van der Waals surface area contributed by atoms with Crippen molar-refractivity contribution < 1.29 is 19.4 Å². The fraction of sp³-hybridized carbons (Fsp3) is 0.500. The summed E-state index contributed by atoms with van der Waals surface area (Å²) in [6, 6.07) is 6.84. The maximum atomic E-state index is 12.1. The third-order valence-corrected chi connectivity index (χ3v) is 4.26. The number of rotatable bonds is 7. The molecule has 1 aliphatic rings. The summed E-state index contributed by atoms with van der Waals surface area (Å²) in [4.78, 5) is 23.1. The average molecular weight is 370 g/mol. The standard InChI is InChI=1S/C16H20BrNO4/c17-13-3-1-2-12(8-13)14(9-16(20)21)18-15(19)5-4-11-6-7-22-10-11/h1-3,8,11,14H,4-7,9-10H2,(H,18,19)(H,20,21). The smallest absolute Gasteiger partial charge is 0.305 e. The van der Waals surface area contributed by atoms with Crippen molar-refractivity contribution in [3.05, 3.63) is 34.3 Å². The van der Waals surface area contributed by atoms with Gasteiger partial charge in [0.15, 0.2) is 0 Å². The molecule has 2 N–H and O–H groups in total. The van der Waals surface area contributed by atoms with Gasteiger partial charge in [-0.3, -0.25) is 9.59 Å². The molecule has 0 aliphatic carbocycles. The first-order chi connectivity index (χ1) is 10.5. The summed E-state index contributed by atoms with van der Waals surface area (Å²) in [7, 11) is 0. The van der Waals surface area contributed by atoms with Crippen LogP contribution in [0.15, 0.2) is 28.7 Å². The van der Waals surface area contributed by atoms with Gasteiger partial charge in [-0.1, -0.05) is 28.1 Å². The van der Waals surface area contributed by atoms with Crippen molar-refractivity contribution in [3.63, 3.8) is 0 Å². The fourth-order valence-electron chi connectivity index (χ4n) is 2.56. The van der Waals surface area contributed by atoms with E-state index in [1.807, 2.05) is 24.3 Å². The minimum atomic E-state index is -0.936. The second kappa shape index (κ2) is 8.29. The Balaban J connectivity index is 1.93. The van der Waals surface area contributed by atoms with Gasteiger partial charge in [-0.05, 0) is 36.5 Å². The molecule has 0 saturated carbocycles. The summed E-state index contributed by atoms with van der Waals surface area (Å²) < 4.78 is 6.15. The van der Waals surface area contributed by atoms with E-state index in [1.54, 1.807) is 0 Å². The maximum Gasteiger partial charge on any atom is 0.305 e. The van der Waals surface area contributed by atoms with Crippen molar-refractivity contribution in [3.8, 4) is 0 Å². The second-order valence-electron chi connectivity index (χ2n) is 5.54. The highest BCUT2D eigenvalue weighted by Crippen LogP contribution is 2.22.